The van der Waals surface area contributed by atoms with Crippen molar-refractivity contribution in [3.8, 4) is 11.1 Å². The molecular weight excluding hydrogens is 469 g/mol. The summed E-state index contributed by atoms with van der Waals surface area (Å²) in [6.45, 7) is 10.0. The predicted octanol–water partition coefficient (Wildman–Crippen LogP) is 6.11. The van der Waals surface area contributed by atoms with E-state index < -0.39 is 18.2 Å². The van der Waals surface area contributed by atoms with E-state index in [-0.39, 0.29) is 23.5 Å². The fourth-order valence-corrected chi connectivity index (χ4v) is 4.71. The smallest absolute Gasteiger partial charge is 0.335 e. The van der Waals surface area contributed by atoms with Crippen LogP contribution in [0.2, 0.25) is 0 Å². The van der Waals surface area contributed by atoms with E-state index in [0.717, 1.165) is 22.3 Å². The molecular formula is C31H38FNO4. The van der Waals surface area contributed by atoms with Crippen molar-refractivity contribution in [3.05, 3.63) is 94.3 Å². The first-order valence-electron chi connectivity index (χ1n) is 12.8. The van der Waals surface area contributed by atoms with Crippen molar-refractivity contribution < 1.29 is 24.1 Å². The molecule has 0 amide bonds. The van der Waals surface area contributed by atoms with E-state index >= 15 is 0 Å². The maximum Gasteiger partial charge on any atom is 0.335 e. The zero-order valence-corrected chi connectivity index (χ0v) is 22.3. The molecule has 198 valence electrons. The SMILES string of the molecule is CCc1ccc(CC(C)(C)NC[C@@H](O)COC(C)c2c(-c3ccccc3)ccc(C(=O)O)c2C)cc1F. The van der Waals surface area contributed by atoms with Crippen LogP contribution in [0.1, 0.15) is 66.4 Å². The first-order valence-corrected chi connectivity index (χ1v) is 12.8. The van der Waals surface area contributed by atoms with Gasteiger partial charge in [-0.15, -0.1) is 0 Å². The highest BCUT2D eigenvalue weighted by Gasteiger charge is 2.23. The number of aliphatic hydroxyl groups excluding tert-OH is 1. The Bertz CT molecular complexity index is 1210. The Morgan fingerprint density at radius 1 is 1.11 bits per heavy atom. The van der Waals surface area contributed by atoms with Gasteiger partial charge in [0.15, 0.2) is 0 Å². The highest BCUT2D eigenvalue weighted by atomic mass is 19.1. The third kappa shape index (κ3) is 7.48. The average molecular weight is 508 g/mol. The van der Waals surface area contributed by atoms with Crippen molar-refractivity contribution in [2.24, 2.45) is 0 Å². The van der Waals surface area contributed by atoms with Crippen LogP contribution >= 0.6 is 0 Å². The number of ether oxygens (including phenoxy) is 1. The average Bonchev–Trinajstić information content (AvgIpc) is 2.86. The van der Waals surface area contributed by atoms with Gasteiger partial charge in [-0.1, -0.05) is 55.5 Å². The number of hydrogen-bond donors (Lipinski definition) is 3. The summed E-state index contributed by atoms with van der Waals surface area (Å²) in [5, 5.41) is 23.6. The molecule has 3 rings (SSSR count). The van der Waals surface area contributed by atoms with E-state index in [2.05, 4.69) is 5.32 Å². The van der Waals surface area contributed by atoms with Gasteiger partial charge >= 0.3 is 5.97 Å². The Hall–Kier alpha value is -3.06. The van der Waals surface area contributed by atoms with Crippen LogP contribution in [-0.2, 0) is 17.6 Å². The molecule has 0 heterocycles. The molecule has 0 aliphatic rings. The van der Waals surface area contributed by atoms with Gasteiger partial charge in [0.1, 0.15) is 5.82 Å². The second-order valence-corrected chi connectivity index (χ2v) is 10.2. The van der Waals surface area contributed by atoms with Crippen LogP contribution in [0.5, 0.6) is 0 Å². The zero-order valence-electron chi connectivity index (χ0n) is 22.3. The van der Waals surface area contributed by atoms with Gasteiger partial charge < -0.3 is 20.3 Å². The molecule has 0 aliphatic heterocycles. The molecule has 0 aromatic heterocycles. The van der Waals surface area contributed by atoms with Crippen LogP contribution in [0.3, 0.4) is 0 Å². The summed E-state index contributed by atoms with van der Waals surface area (Å²) in [5.41, 5.74) is 4.80. The molecule has 3 aromatic carbocycles. The highest BCUT2D eigenvalue weighted by Crippen LogP contribution is 2.34. The molecule has 0 aliphatic carbocycles. The van der Waals surface area contributed by atoms with Gasteiger partial charge in [0.2, 0.25) is 0 Å². The lowest BCUT2D eigenvalue weighted by molar-refractivity contribution is -0.00423. The number of carboxylic acid groups (broad SMARTS) is 1. The topological polar surface area (TPSA) is 78.8 Å². The van der Waals surface area contributed by atoms with Crippen LogP contribution < -0.4 is 5.32 Å². The number of aromatic carboxylic acids is 1. The lowest BCUT2D eigenvalue weighted by Gasteiger charge is -2.29. The quantitative estimate of drug-likeness (QED) is 0.276. The number of rotatable bonds is 12. The largest absolute Gasteiger partial charge is 0.478 e. The number of aliphatic hydroxyl groups is 1. The fourth-order valence-electron chi connectivity index (χ4n) is 4.71. The van der Waals surface area contributed by atoms with Crippen molar-refractivity contribution in [1.82, 2.24) is 5.32 Å². The van der Waals surface area contributed by atoms with Crippen LogP contribution in [-0.4, -0.2) is 41.0 Å². The summed E-state index contributed by atoms with van der Waals surface area (Å²) in [6, 6.07) is 18.6. The first-order chi connectivity index (χ1) is 17.5. The van der Waals surface area contributed by atoms with Crippen LogP contribution in [0, 0.1) is 12.7 Å². The lowest BCUT2D eigenvalue weighted by atomic mass is 9.90. The summed E-state index contributed by atoms with van der Waals surface area (Å²) < 4.78 is 20.2. The van der Waals surface area contributed by atoms with Crippen molar-refractivity contribution >= 4 is 5.97 Å². The Kier molecular flexibility index (Phi) is 9.60. The van der Waals surface area contributed by atoms with Gasteiger partial charge in [0.05, 0.1) is 24.4 Å². The third-order valence-electron chi connectivity index (χ3n) is 6.74. The maximum atomic E-state index is 14.2. The molecule has 0 spiro atoms. The number of aryl methyl sites for hydroxylation is 1. The number of hydrogen-bond acceptors (Lipinski definition) is 4. The molecule has 0 radical (unpaired) electrons. The Labute approximate surface area is 219 Å². The summed E-state index contributed by atoms with van der Waals surface area (Å²) in [6.07, 6.45) is 0.0616. The summed E-state index contributed by atoms with van der Waals surface area (Å²) in [5.74, 6) is -1.17. The molecule has 3 N–H and O–H groups in total. The Morgan fingerprint density at radius 3 is 2.43 bits per heavy atom. The molecule has 0 saturated heterocycles. The van der Waals surface area contributed by atoms with Gasteiger partial charge in [-0.3, -0.25) is 0 Å². The van der Waals surface area contributed by atoms with Gasteiger partial charge in [-0.25, -0.2) is 9.18 Å². The minimum absolute atomic E-state index is 0.0784. The molecule has 0 bridgehead atoms. The molecule has 0 saturated carbocycles. The molecule has 37 heavy (non-hydrogen) atoms. The normalized spacial score (nSPS) is 13.4. The molecule has 1 unspecified atom stereocenters. The maximum absolute atomic E-state index is 14.2. The summed E-state index contributed by atoms with van der Waals surface area (Å²) in [4.78, 5) is 11.8. The number of benzene rings is 3. The van der Waals surface area contributed by atoms with Crippen molar-refractivity contribution in [1.29, 1.82) is 0 Å². The first kappa shape index (κ1) is 28.5. The van der Waals surface area contributed by atoms with E-state index in [1.807, 2.05) is 76.2 Å². The van der Waals surface area contributed by atoms with Gasteiger partial charge in [-0.2, -0.15) is 0 Å². The highest BCUT2D eigenvalue weighted by molar-refractivity contribution is 5.91. The van der Waals surface area contributed by atoms with Crippen LogP contribution in [0.4, 0.5) is 4.39 Å². The fraction of sp³-hybridized carbons (Fsp3) is 0.387. The lowest BCUT2D eigenvalue weighted by Crippen LogP contribution is -2.46. The summed E-state index contributed by atoms with van der Waals surface area (Å²) in [7, 11) is 0. The predicted molar refractivity (Wildman–Crippen MR) is 146 cm³/mol. The Balaban J connectivity index is 1.65. The van der Waals surface area contributed by atoms with E-state index in [4.69, 9.17) is 4.74 Å². The van der Waals surface area contributed by atoms with Crippen molar-refractivity contribution in [2.75, 3.05) is 13.2 Å². The number of carboxylic acids is 1. The second-order valence-electron chi connectivity index (χ2n) is 10.2. The van der Waals surface area contributed by atoms with Gasteiger partial charge in [-0.05, 0) is 86.1 Å². The molecule has 3 aromatic rings. The zero-order chi connectivity index (χ0) is 27.2. The minimum atomic E-state index is -0.985. The van der Waals surface area contributed by atoms with E-state index in [1.165, 1.54) is 0 Å². The summed E-state index contributed by atoms with van der Waals surface area (Å²) >= 11 is 0. The molecule has 2 atom stereocenters. The molecule has 0 fully saturated rings. The monoisotopic (exact) mass is 507 g/mol. The van der Waals surface area contributed by atoms with E-state index in [1.54, 1.807) is 19.1 Å². The number of β-amino-alcohol motifs (C(OH)–C–C–N with tert-alkyl or cyclic N) is 1. The van der Waals surface area contributed by atoms with Crippen molar-refractivity contribution in [3.63, 3.8) is 0 Å². The number of halogens is 1. The van der Waals surface area contributed by atoms with E-state index in [9.17, 15) is 19.4 Å². The van der Waals surface area contributed by atoms with Crippen LogP contribution in [0.25, 0.3) is 11.1 Å². The third-order valence-corrected chi connectivity index (χ3v) is 6.74. The standard InChI is InChI=1S/C31H38FNO4/c1-6-23-13-12-22(16-28(23)32)17-31(4,5)33-18-25(34)19-37-21(3)29-20(2)26(30(35)36)14-15-27(29)24-10-8-7-9-11-24/h7-16,21,25,33-34H,6,17-19H2,1-5H3,(H,35,36)/t21?,25-/m1/s1. The van der Waals surface area contributed by atoms with E-state index in [0.29, 0.717) is 30.5 Å². The van der Waals surface area contributed by atoms with Gasteiger partial charge in [0, 0.05) is 12.1 Å². The molecule has 6 heteroatoms. The second kappa shape index (κ2) is 12.5. The van der Waals surface area contributed by atoms with Crippen molar-refractivity contribution in [2.45, 2.75) is 65.2 Å². The number of carbonyl (C=O) groups is 1. The van der Waals surface area contributed by atoms with Crippen LogP contribution in [0.15, 0.2) is 60.7 Å². The van der Waals surface area contributed by atoms with Gasteiger partial charge in [0.25, 0.3) is 0 Å². The molecule has 5 nitrogen and oxygen atoms in total. The minimum Gasteiger partial charge on any atom is -0.478 e. The number of nitrogens with one attached hydrogen (secondary N) is 1. The Morgan fingerprint density at radius 2 is 1.81 bits per heavy atom.